The molecule has 1 aliphatic rings. The maximum absolute atomic E-state index is 12.8. The third-order valence-corrected chi connectivity index (χ3v) is 6.40. The molecule has 1 aliphatic heterocycles. The van der Waals surface area contributed by atoms with Gasteiger partial charge in [-0.05, 0) is 49.2 Å². The molecule has 1 fully saturated rings. The van der Waals surface area contributed by atoms with Crippen molar-refractivity contribution in [3.63, 3.8) is 0 Å². The lowest BCUT2D eigenvalue weighted by atomic mass is 10.1. The van der Waals surface area contributed by atoms with Crippen molar-refractivity contribution in [3.05, 3.63) is 69.2 Å². The van der Waals surface area contributed by atoms with Gasteiger partial charge in [-0.2, -0.15) is 9.97 Å². The monoisotopic (exact) mass is 497 g/mol. The predicted molar refractivity (Wildman–Crippen MR) is 135 cm³/mol. The first-order chi connectivity index (χ1) is 16.4. The summed E-state index contributed by atoms with van der Waals surface area (Å²) < 4.78 is 1.15. The van der Waals surface area contributed by atoms with Crippen LogP contribution in [0.3, 0.4) is 0 Å². The highest BCUT2D eigenvalue weighted by Crippen LogP contribution is 2.30. The van der Waals surface area contributed by atoms with Crippen molar-refractivity contribution in [2.45, 2.75) is 18.9 Å². The fraction of sp³-hybridized carbons (Fsp3) is 0.217. The van der Waals surface area contributed by atoms with Crippen molar-refractivity contribution in [2.75, 3.05) is 29.0 Å². The molecule has 0 radical (unpaired) electrons. The molecular formula is C23H21Cl2N7O2. The molecule has 174 valence electrons. The van der Waals surface area contributed by atoms with Crippen LogP contribution in [0.25, 0.3) is 16.7 Å². The molecule has 3 heterocycles. The lowest BCUT2D eigenvalue weighted by molar-refractivity contribution is 0.145. The normalized spacial score (nSPS) is 14.5. The van der Waals surface area contributed by atoms with E-state index in [9.17, 15) is 9.90 Å². The summed E-state index contributed by atoms with van der Waals surface area (Å²) in [5.41, 5.74) is 7.90. The number of para-hydroxylation sites is 1. The van der Waals surface area contributed by atoms with Gasteiger partial charge in [0, 0.05) is 30.7 Å². The number of rotatable bonds is 4. The van der Waals surface area contributed by atoms with E-state index in [1.54, 1.807) is 18.2 Å². The molecule has 34 heavy (non-hydrogen) atoms. The van der Waals surface area contributed by atoms with E-state index in [2.05, 4.69) is 25.2 Å². The second-order valence-corrected chi connectivity index (χ2v) is 8.82. The summed E-state index contributed by atoms with van der Waals surface area (Å²) >= 11 is 12.5. The summed E-state index contributed by atoms with van der Waals surface area (Å²) in [5, 5.41) is 13.7. The summed E-state index contributed by atoms with van der Waals surface area (Å²) in [6.07, 6.45) is 2.83. The zero-order valence-corrected chi connectivity index (χ0v) is 19.5. The molecule has 0 saturated carbocycles. The number of nitrogens with two attached hydrogens (primary N) is 1. The van der Waals surface area contributed by atoms with Crippen LogP contribution >= 0.6 is 23.2 Å². The standard InChI is InChI=1S/C23H21Cl2N7O2/c24-17-2-1-3-18(25)19(17)32-20(26)16-12-27-22(29-21(16)30-23(32)34)28-13-4-6-14(7-5-13)31-10-8-15(33)9-11-31/h1-7,12,15,33H,8-11,26H2,(H,28,29,30,34). The van der Waals surface area contributed by atoms with Gasteiger partial charge in [0.25, 0.3) is 0 Å². The number of aliphatic hydroxyl groups is 1. The zero-order valence-electron chi connectivity index (χ0n) is 17.9. The molecule has 1 saturated heterocycles. The van der Waals surface area contributed by atoms with Gasteiger partial charge in [-0.15, -0.1) is 0 Å². The average molecular weight is 498 g/mol. The Bertz CT molecular complexity index is 1400. The van der Waals surface area contributed by atoms with Crippen LogP contribution in [-0.4, -0.2) is 43.8 Å². The zero-order chi connectivity index (χ0) is 23.8. The first kappa shape index (κ1) is 22.4. The first-order valence-electron chi connectivity index (χ1n) is 10.7. The number of aliphatic hydroxyl groups excluding tert-OH is 1. The van der Waals surface area contributed by atoms with Crippen molar-refractivity contribution in [1.82, 2.24) is 19.5 Å². The number of fused-ring (bicyclic) bond motifs is 1. The van der Waals surface area contributed by atoms with Gasteiger partial charge in [-0.25, -0.2) is 14.3 Å². The SMILES string of the molecule is Nc1c2cnc(Nc3ccc(N4CCC(O)CC4)cc3)nc2nc(=O)n1-c1c(Cl)cccc1Cl. The average Bonchev–Trinajstić information content (AvgIpc) is 2.82. The molecule has 0 aliphatic carbocycles. The molecule has 11 heteroatoms. The van der Waals surface area contributed by atoms with E-state index >= 15 is 0 Å². The number of anilines is 4. The Hall–Kier alpha value is -3.40. The van der Waals surface area contributed by atoms with Crippen molar-refractivity contribution in [3.8, 4) is 5.69 Å². The highest BCUT2D eigenvalue weighted by Gasteiger charge is 2.18. The summed E-state index contributed by atoms with van der Waals surface area (Å²) in [6.45, 7) is 1.65. The minimum absolute atomic E-state index is 0.0903. The summed E-state index contributed by atoms with van der Waals surface area (Å²) in [7, 11) is 0. The number of aromatic nitrogens is 4. The lowest BCUT2D eigenvalue weighted by Crippen LogP contribution is -2.35. The van der Waals surface area contributed by atoms with E-state index in [1.165, 1.54) is 6.20 Å². The van der Waals surface area contributed by atoms with Crippen LogP contribution in [0.4, 0.5) is 23.1 Å². The van der Waals surface area contributed by atoms with Gasteiger partial charge in [0.1, 0.15) is 5.82 Å². The minimum atomic E-state index is -0.652. The van der Waals surface area contributed by atoms with E-state index in [0.29, 0.717) is 5.39 Å². The first-order valence-corrected chi connectivity index (χ1v) is 11.5. The predicted octanol–water partition coefficient (Wildman–Crippen LogP) is 3.77. The molecule has 5 rings (SSSR count). The number of hydrogen-bond donors (Lipinski definition) is 3. The molecule has 2 aromatic heterocycles. The van der Waals surface area contributed by atoms with Crippen LogP contribution in [0.5, 0.6) is 0 Å². The van der Waals surface area contributed by atoms with Gasteiger partial charge in [-0.1, -0.05) is 29.3 Å². The van der Waals surface area contributed by atoms with Crippen molar-refractivity contribution in [2.24, 2.45) is 0 Å². The quantitative estimate of drug-likeness (QED) is 0.389. The lowest BCUT2D eigenvalue weighted by Gasteiger charge is -2.31. The van der Waals surface area contributed by atoms with E-state index in [-0.39, 0.29) is 39.2 Å². The number of nitrogens with one attached hydrogen (secondary N) is 1. The molecule has 0 atom stereocenters. The van der Waals surface area contributed by atoms with Gasteiger partial charge >= 0.3 is 5.69 Å². The highest BCUT2D eigenvalue weighted by atomic mass is 35.5. The van der Waals surface area contributed by atoms with E-state index in [4.69, 9.17) is 28.9 Å². The van der Waals surface area contributed by atoms with Crippen LogP contribution < -0.4 is 21.6 Å². The number of nitrogen functional groups attached to an aromatic ring is 1. The van der Waals surface area contributed by atoms with Crippen LogP contribution in [0.15, 0.2) is 53.5 Å². The summed E-state index contributed by atoms with van der Waals surface area (Å²) in [5.74, 6) is 0.369. The number of hydrogen-bond acceptors (Lipinski definition) is 8. The largest absolute Gasteiger partial charge is 0.393 e. The number of halogens is 2. The molecule has 4 N–H and O–H groups in total. The number of nitrogens with zero attached hydrogens (tertiary/aromatic N) is 5. The third kappa shape index (κ3) is 4.25. The minimum Gasteiger partial charge on any atom is -0.393 e. The van der Waals surface area contributed by atoms with Crippen molar-refractivity contribution >= 4 is 57.4 Å². The van der Waals surface area contributed by atoms with Gasteiger partial charge in [-0.3, -0.25) is 0 Å². The van der Waals surface area contributed by atoms with E-state index in [0.717, 1.165) is 41.9 Å². The van der Waals surface area contributed by atoms with Gasteiger partial charge in [0.15, 0.2) is 5.65 Å². The van der Waals surface area contributed by atoms with Crippen LogP contribution in [0, 0.1) is 0 Å². The Morgan fingerprint density at radius 2 is 1.71 bits per heavy atom. The molecule has 0 bridgehead atoms. The highest BCUT2D eigenvalue weighted by molar-refractivity contribution is 6.37. The van der Waals surface area contributed by atoms with Crippen molar-refractivity contribution in [1.29, 1.82) is 0 Å². The van der Waals surface area contributed by atoms with Crippen molar-refractivity contribution < 1.29 is 5.11 Å². The van der Waals surface area contributed by atoms with Crippen LogP contribution in [-0.2, 0) is 0 Å². The second-order valence-electron chi connectivity index (χ2n) is 8.01. The molecular weight excluding hydrogens is 477 g/mol. The fourth-order valence-corrected chi connectivity index (χ4v) is 4.56. The Labute approximate surface area is 204 Å². The van der Waals surface area contributed by atoms with E-state index in [1.807, 2.05) is 24.3 Å². The van der Waals surface area contributed by atoms with Gasteiger partial charge < -0.3 is 21.1 Å². The number of benzene rings is 2. The molecule has 4 aromatic rings. The molecule has 2 aromatic carbocycles. The smallest absolute Gasteiger partial charge is 0.355 e. The maximum Gasteiger partial charge on any atom is 0.355 e. The molecule has 0 unspecified atom stereocenters. The summed E-state index contributed by atoms with van der Waals surface area (Å²) in [4.78, 5) is 27.8. The van der Waals surface area contributed by atoms with E-state index < -0.39 is 5.69 Å². The number of piperidine rings is 1. The van der Waals surface area contributed by atoms with Gasteiger partial charge in [0.05, 0.1) is 27.2 Å². The Balaban J connectivity index is 1.42. The van der Waals surface area contributed by atoms with Crippen LogP contribution in [0.2, 0.25) is 10.0 Å². The Kier molecular flexibility index (Phi) is 5.99. The summed E-state index contributed by atoms with van der Waals surface area (Å²) in [6, 6.07) is 12.8. The van der Waals surface area contributed by atoms with Gasteiger partial charge in [0.2, 0.25) is 5.95 Å². The molecule has 0 amide bonds. The van der Waals surface area contributed by atoms with Crippen LogP contribution in [0.1, 0.15) is 12.8 Å². The molecule has 9 nitrogen and oxygen atoms in total. The topological polar surface area (TPSA) is 122 Å². The molecule has 0 spiro atoms. The maximum atomic E-state index is 12.8. The fourth-order valence-electron chi connectivity index (χ4n) is 3.99. The Morgan fingerprint density at radius 3 is 2.38 bits per heavy atom. The third-order valence-electron chi connectivity index (χ3n) is 5.79. The Morgan fingerprint density at radius 1 is 1.03 bits per heavy atom. The second kappa shape index (κ2) is 9.09.